The third-order valence-corrected chi connectivity index (χ3v) is 5.20. The van der Waals surface area contributed by atoms with Crippen LogP contribution in [0.5, 0.6) is 0 Å². The summed E-state index contributed by atoms with van der Waals surface area (Å²) in [6.45, 7) is 10.5. The SMILES string of the molecule is CCn1cc(CN2CCN(Cc3ccccc3C)[C@H](CCO)C2)cn1. The molecule has 0 bridgehead atoms. The van der Waals surface area contributed by atoms with Gasteiger partial charge in [0.05, 0.1) is 6.20 Å². The van der Waals surface area contributed by atoms with Crippen LogP contribution in [0.25, 0.3) is 0 Å². The van der Waals surface area contributed by atoms with Crippen molar-refractivity contribution in [2.45, 2.75) is 45.9 Å². The van der Waals surface area contributed by atoms with Gasteiger partial charge < -0.3 is 5.11 Å². The highest BCUT2D eigenvalue weighted by Gasteiger charge is 2.27. The van der Waals surface area contributed by atoms with Gasteiger partial charge in [0.25, 0.3) is 0 Å². The summed E-state index contributed by atoms with van der Waals surface area (Å²) >= 11 is 0. The average Bonchev–Trinajstić information content (AvgIpc) is 3.07. The number of aromatic nitrogens is 2. The summed E-state index contributed by atoms with van der Waals surface area (Å²) in [5, 5.41) is 13.9. The average molecular weight is 342 g/mol. The molecule has 1 N–H and O–H groups in total. The van der Waals surface area contributed by atoms with Crippen molar-refractivity contribution in [3.8, 4) is 0 Å². The summed E-state index contributed by atoms with van der Waals surface area (Å²) in [5.74, 6) is 0. The van der Waals surface area contributed by atoms with Gasteiger partial charge in [-0.25, -0.2) is 0 Å². The number of hydrogen-bond acceptors (Lipinski definition) is 4. The Morgan fingerprint density at radius 1 is 1.20 bits per heavy atom. The molecule has 5 nitrogen and oxygen atoms in total. The van der Waals surface area contributed by atoms with Gasteiger partial charge in [-0.15, -0.1) is 0 Å². The number of rotatable bonds is 7. The van der Waals surface area contributed by atoms with Crippen LogP contribution in [0.15, 0.2) is 36.7 Å². The van der Waals surface area contributed by atoms with E-state index in [1.807, 2.05) is 10.9 Å². The van der Waals surface area contributed by atoms with E-state index in [0.717, 1.165) is 45.7 Å². The lowest BCUT2D eigenvalue weighted by Crippen LogP contribution is -2.52. The Bertz CT molecular complexity index is 669. The first-order chi connectivity index (χ1) is 12.2. The fraction of sp³-hybridized carbons (Fsp3) is 0.550. The second-order valence-corrected chi connectivity index (χ2v) is 7.00. The molecule has 2 aromatic rings. The first kappa shape index (κ1) is 18.1. The van der Waals surface area contributed by atoms with Gasteiger partial charge in [-0.05, 0) is 31.4 Å². The van der Waals surface area contributed by atoms with E-state index in [9.17, 15) is 5.11 Å². The largest absolute Gasteiger partial charge is 0.396 e. The molecule has 0 amide bonds. The molecule has 0 unspecified atom stereocenters. The quantitative estimate of drug-likeness (QED) is 0.838. The van der Waals surface area contributed by atoms with Gasteiger partial charge in [-0.3, -0.25) is 14.5 Å². The van der Waals surface area contributed by atoms with Crippen LogP contribution in [0.1, 0.15) is 30.0 Å². The van der Waals surface area contributed by atoms with E-state index >= 15 is 0 Å². The van der Waals surface area contributed by atoms with Crippen molar-refractivity contribution in [2.24, 2.45) is 0 Å². The summed E-state index contributed by atoms with van der Waals surface area (Å²) in [7, 11) is 0. The zero-order chi connectivity index (χ0) is 17.6. The van der Waals surface area contributed by atoms with Crippen molar-refractivity contribution in [1.29, 1.82) is 0 Å². The Labute approximate surface area is 150 Å². The Balaban J connectivity index is 1.62. The molecule has 0 spiro atoms. The Hall–Kier alpha value is -1.69. The van der Waals surface area contributed by atoms with Crippen LogP contribution >= 0.6 is 0 Å². The third kappa shape index (κ3) is 4.69. The van der Waals surface area contributed by atoms with Crippen molar-refractivity contribution in [3.63, 3.8) is 0 Å². The number of aryl methyl sites for hydroxylation is 2. The van der Waals surface area contributed by atoms with E-state index < -0.39 is 0 Å². The molecule has 0 radical (unpaired) electrons. The Morgan fingerprint density at radius 2 is 2.04 bits per heavy atom. The van der Waals surface area contributed by atoms with E-state index in [-0.39, 0.29) is 6.61 Å². The van der Waals surface area contributed by atoms with Crippen LogP contribution in [-0.2, 0) is 19.6 Å². The van der Waals surface area contributed by atoms with E-state index in [1.54, 1.807) is 0 Å². The van der Waals surface area contributed by atoms with Crippen molar-refractivity contribution in [1.82, 2.24) is 19.6 Å². The second-order valence-electron chi connectivity index (χ2n) is 7.00. The summed E-state index contributed by atoms with van der Waals surface area (Å²) < 4.78 is 1.98. The first-order valence-corrected chi connectivity index (χ1v) is 9.32. The molecule has 1 aliphatic heterocycles. The van der Waals surface area contributed by atoms with Crippen molar-refractivity contribution in [2.75, 3.05) is 26.2 Å². The summed E-state index contributed by atoms with van der Waals surface area (Å²) in [6.07, 6.45) is 4.95. The minimum Gasteiger partial charge on any atom is -0.396 e. The normalized spacial score (nSPS) is 19.4. The number of benzene rings is 1. The zero-order valence-corrected chi connectivity index (χ0v) is 15.4. The van der Waals surface area contributed by atoms with Gasteiger partial charge in [0.1, 0.15) is 0 Å². The first-order valence-electron chi connectivity index (χ1n) is 9.32. The maximum Gasteiger partial charge on any atom is 0.0534 e. The molecule has 1 atom stereocenters. The summed E-state index contributed by atoms with van der Waals surface area (Å²) in [5.41, 5.74) is 4.01. The highest BCUT2D eigenvalue weighted by Crippen LogP contribution is 2.19. The van der Waals surface area contributed by atoms with Gasteiger partial charge in [0.15, 0.2) is 0 Å². The standard InChI is InChI=1S/C20H30N4O/c1-3-24-14-18(12-21-24)13-22-9-10-23(20(16-22)8-11-25)15-19-7-5-4-6-17(19)2/h4-7,12,14,20,25H,3,8-11,13,15-16H2,1-2H3/t20-/m1/s1. The predicted octanol–water partition coefficient (Wildman–Crippen LogP) is 2.28. The molecule has 1 saturated heterocycles. The van der Waals surface area contributed by atoms with Gasteiger partial charge in [-0.2, -0.15) is 5.10 Å². The molecule has 2 heterocycles. The molecular formula is C20H30N4O. The smallest absolute Gasteiger partial charge is 0.0534 e. The van der Waals surface area contributed by atoms with Crippen LogP contribution in [0.2, 0.25) is 0 Å². The second kappa shape index (κ2) is 8.61. The molecule has 136 valence electrons. The van der Waals surface area contributed by atoms with Gasteiger partial charge in [-0.1, -0.05) is 24.3 Å². The molecule has 1 aliphatic rings. The fourth-order valence-corrected chi connectivity index (χ4v) is 3.66. The molecular weight excluding hydrogens is 312 g/mol. The van der Waals surface area contributed by atoms with Crippen LogP contribution in [-0.4, -0.2) is 57.0 Å². The zero-order valence-electron chi connectivity index (χ0n) is 15.4. The molecule has 1 fully saturated rings. The molecule has 1 aromatic carbocycles. The summed E-state index contributed by atoms with van der Waals surface area (Å²) in [6, 6.07) is 9.01. The number of nitrogens with zero attached hydrogens (tertiary/aromatic N) is 4. The maximum atomic E-state index is 9.51. The Kier molecular flexibility index (Phi) is 6.24. The molecule has 5 heteroatoms. The monoisotopic (exact) mass is 342 g/mol. The minimum atomic E-state index is 0.247. The highest BCUT2D eigenvalue weighted by molar-refractivity contribution is 5.25. The lowest BCUT2D eigenvalue weighted by atomic mass is 10.0. The van der Waals surface area contributed by atoms with Crippen molar-refractivity contribution >= 4 is 0 Å². The predicted molar refractivity (Wildman–Crippen MR) is 100 cm³/mol. The molecule has 3 rings (SSSR count). The van der Waals surface area contributed by atoms with Crippen LogP contribution in [0, 0.1) is 6.92 Å². The number of aliphatic hydroxyl groups is 1. The summed E-state index contributed by atoms with van der Waals surface area (Å²) in [4.78, 5) is 5.02. The van der Waals surface area contributed by atoms with E-state index in [4.69, 9.17) is 0 Å². The number of piperazine rings is 1. The van der Waals surface area contributed by atoms with E-state index in [0.29, 0.717) is 6.04 Å². The lowest BCUT2D eigenvalue weighted by molar-refractivity contribution is 0.0498. The van der Waals surface area contributed by atoms with Gasteiger partial charge in [0.2, 0.25) is 0 Å². The minimum absolute atomic E-state index is 0.247. The lowest BCUT2D eigenvalue weighted by Gasteiger charge is -2.41. The van der Waals surface area contributed by atoms with Crippen molar-refractivity contribution in [3.05, 3.63) is 53.3 Å². The van der Waals surface area contributed by atoms with Crippen LogP contribution in [0.4, 0.5) is 0 Å². The molecule has 25 heavy (non-hydrogen) atoms. The maximum absolute atomic E-state index is 9.51. The van der Waals surface area contributed by atoms with Crippen LogP contribution < -0.4 is 0 Å². The molecule has 1 aromatic heterocycles. The Morgan fingerprint density at radius 3 is 2.76 bits per heavy atom. The number of aliphatic hydroxyl groups excluding tert-OH is 1. The fourth-order valence-electron chi connectivity index (χ4n) is 3.66. The van der Waals surface area contributed by atoms with Gasteiger partial charge in [0, 0.05) is 63.7 Å². The number of hydrogen-bond donors (Lipinski definition) is 1. The van der Waals surface area contributed by atoms with Gasteiger partial charge >= 0.3 is 0 Å². The highest BCUT2D eigenvalue weighted by atomic mass is 16.3. The third-order valence-electron chi connectivity index (χ3n) is 5.20. The van der Waals surface area contributed by atoms with Crippen LogP contribution in [0.3, 0.4) is 0 Å². The van der Waals surface area contributed by atoms with E-state index in [1.165, 1.54) is 16.7 Å². The van der Waals surface area contributed by atoms with E-state index in [2.05, 4.69) is 59.2 Å². The van der Waals surface area contributed by atoms with Crippen molar-refractivity contribution < 1.29 is 5.11 Å². The molecule has 0 aliphatic carbocycles. The topological polar surface area (TPSA) is 44.5 Å². The molecule has 0 saturated carbocycles.